The molecule has 0 saturated heterocycles. The Kier molecular flexibility index (Phi) is 5.58. The van der Waals surface area contributed by atoms with E-state index in [0.29, 0.717) is 22.0 Å². The van der Waals surface area contributed by atoms with Gasteiger partial charge in [0.2, 0.25) is 0 Å². The fourth-order valence-electron chi connectivity index (χ4n) is 2.17. The van der Waals surface area contributed by atoms with Crippen LogP contribution in [-0.4, -0.2) is 18.1 Å². The van der Waals surface area contributed by atoms with Gasteiger partial charge < -0.3 is 10.1 Å². The van der Waals surface area contributed by atoms with E-state index in [2.05, 4.69) is 10.6 Å². The first-order chi connectivity index (χ1) is 10.9. The number of aryl methyl sites for hydroxylation is 2. The lowest BCUT2D eigenvalue weighted by Gasteiger charge is -2.14. The van der Waals surface area contributed by atoms with Crippen molar-refractivity contribution in [2.24, 2.45) is 0 Å². The van der Waals surface area contributed by atoms with E-state index >= 15 is 0 Å². The summed E-state index contributed by atoms with van der Waals surface area (Å²) in [4.78, 5) is 12.3. The van der Waals surface area contributed by atoms with E-state index in [4.69, 9.17) is 28.6 Å². The van der Waals surface area contributed by atoms with Gasteiger partial charge in [-0.25, -0.2) is 0 Å². The average Bonchev–Trinajstić information content (AvgIpc) is 2.47. The third-order valence-corrected chi connectivity index (χ3v) is 3.70. The molecule has 0 atom stereocenters. The number of benzene rings is 2. The summed E-state index contributed by atoms with van der Waals surface area (Å²) in [5, 5.41) is 6.30. The predicted octanol–water partition coefficient (Wildman–Crippen LogP) is 4.09. The van der Waals surface area contributed by atoms with Crippen LogP contribution in [0, 0.1) is 13.8 Å². The van der Waals surface area contributed by atoms with Crippen LogP contribution in [0.3, 0.4) is 0 Å². The molecule has 2 rings (SSSR count). The van der Waals surface area contributed by atoms with Crippen LogP contribution in [0.5, 0.6) is 5.75 Å². The molecule has 0 spiro atoms. The van der Waals surface area contributed by atoms with Gasteiger partial charge in [-0.1, -0.05) is 29.3 Å². The summed E-state index contributed by atoms with van der Waals surface area (Å²) in [6.07, 6.45) is 0. The first-order valence-corrected chi connectivity index (χ1v) is 7.72. The van der Waals surface area contributed by atoms with E-state index in [0.717, 1.165) is 11.1 Å². The van der Waals surface area contributed by atoms with Gasteiger partial charge >= 0.3 is 0 Å². The minimum Gasteiger partial charge on any atom is -0.495 e. The SMILES string of the molecule is COc1ccc(Cl)cc1NC(=S)NC(=O)c1ccc(C)cc1C. The summed E-state index contributed by atoms with van der Waals surface area (Å²) < 4.78 is 5.23. The first-order valence-electron chi connectivity index (χ1n) is 6.94. The lowest BCUT2D eigenvalue weighted by molar-refractivity contribution is 0.0977. The van der Waals surface area contributed by atoms with Gasteiger partial charge in [0.25, 0.3) is 5.91 Å². The molecule has 23 heavy (non-hydrogen) atoms. The molecule has 0 unspecified atom stereocenters. The maximum absolute atomic E-state index is 12.3. The Bertz CT molecular complexity index is 762. The number of methoxy groups -OCH3 is 1. The van der Waals surface area contributed by atoms with E-state index in [1.165, 1.54) is 0 Å². The van der Waals surface area contributed by atoms with Crippen molar-refractivity contribution >= 4 is 40.5 Å². The normalized spacial score (nSPS) is 10.1. The molecule has 0 heterocycles. The molecule has 2 aromatic rings. The number of halogens is 1. The Balaban J connectivity index is 2.10. The third-order valence-electron chi connectivity index (χ3n) is 3.26. The number of anilines is 1. The van der Waals surface area contributed by atoms with Gasteiger partial charge in [-0.2, -0.15) is 0 Å². The second-order valence-electron chi connectivity index (χ2n) is 5.07. The van der Waals surface area contributed by atoms with Crippen LogP contribution in [0.25, 0.3) is 0 Å². The predicted molar refractivity (Wildman–Crippen MR) is 97.6 cm³/mol. The largest absolute Gasteiger partial charge is 0.495 e. The number of hydrogen-bond acceptors (Lipinski definition) is 3. The molecule has 0 aliphatic rings. The molecule has 0 aliphatic heterocycles. The van der Waals surface area contributed by atoms with E-state index in [1.54, 1.807) is 31.4 Å². The first kappa shape index (κ1) is 17.2. The van der Waals surface area contributed by atoms with Crippen molar-refractivity contribution in [3.05, 3.63) is 58.1 Å². The fraction of sp³-hybridized carbons (Fsp3) is 0.176. The van der Waals surface area contributed by atoms with Crippen molar-refractivity contribution in [2.45, 2.75) is 13.8 Å². The highest BCUT2D eigenvalue weighted by molar-refractivity contribution is 7.80. The maximum atomic E-state index is 12.3. The van der Waals surface area contributed by atoms with Gasteiger partial charge in [0.15, 0.2) is 5.11 Å². The standard InChI is InChI=1S/C17H17ClN2O2S/c1-10-4-6-13(11(2)8-10)16(21)20-17(23)19-14-9-12(18)5-7-15(14)22-3/h4-9H,1-3H3,(H2,19,20,21,23). The van der Waals surface area contributed by atoms with Crippen LogP contribution in [-0.2, 0) is 0 Å². The third kappa shape index (κ3) is 4.43. The van der Waals surface area contributed by atoms with Crippen LogP contribution < -0.4 is 15.4 Å². The molecule has 2 aromatic carbocycles. The summed E-state index contributed by atoms with van der Waals surface area (Å²) in [5.41, 5.74) is 3.16. The summed E-state index contributed by atoms with van der Waals surface area (Å²) in [6, 6.07) is 10.7. The Morgan fingerprint density at radius 2 is 1.91 bits per heavy atom. The minimum absolute atomic E-state index is 0.176. The molecule has 0 aliphatic carbocycles. The van der Waals surface area contributed by atoms with Crippen molar-refractivity contribution in [3.63, 3.8) is 0 Å². The highest BCUT2D eigenvalue weighted by atomic mass is 35.5. The van der Waals surface area contributed by atoms with Crippen molar-refractivity contribution in [2.75, 3.05) is 12.4 Å². The molecule has 120 valence electrons. The van der Waals surface area contributed by atoms with Gasteiger partial charge in [-0.3, -0.25) is 10.1 Å². The van der Waals surface area contributed by atoms with Gasteiger partial charge in [-0.15, -0.1) is 0 Å². The van der Waals surface area contributed by atoms with Crippen LogP contribution >= 0.6 is 23.8 Å². The number of hydrogen-bond donors (Lipinski definition) is 2. The highest BCUT2D eigenvalue weighted by Gasteiger charge is 2.12. The molecule has 0 radical (unpaired) electrons. The number of thiocarbonyl (C=S) groups is 1. The zero-order valence-electron chi connectivity index (χ0n) is 13.1. The number of nitrogens with one attached hydrogen (secondary N) is 2. The van der Waals surface area contributed by atoms with E-state index < -0.39 is 0 Å². The molecule has 1 amide bonds. The van der Waals surface area contributed by atoms with Crippen LogP contribution in [0.4, 0.5) is 5.69 Å². The zero-order chi connectivity index (χ0) is 17.0. The Morgan fingerprint density at radius 3 is 2.57 bits per heavy atom. The van der Waals surface area contributed by atoms with Gasteiger partial charge in [0.1, 0.15) is 5.75 Å². The second-order valence-corrected chi connectivity index (χ2v) is 5.92. The Labute approximate surface area is 145 Å². The zero-order valence-corrected chi connectivity index (χ0v) is 14.6. The van der Waals surface area contributed by atoms with E-state index in [-0.39, 0.29) is 11.0 Å². The summed E-state index contributed by atoms with van der Waals surface area (Å²) in [6.45, 7) is 3.87. The fourth-order valence-corrected chi connectivity index (χ4v) is 2.55. The average molecular weight is 349 g/mol. The van der Waals surface area contributed by atoms with Crippen LogP contribution in [0.15, 0.2) is 36.4 Å². The maximum Gasteiger partial charge on any atom is 0.257 e. The topological polar surface area (TPSA) is 50.4 Å². The van der Waals surface area contributed by atoms with Crippen LogP contribution in [0.1, 0.15) is 21.5 Å². The summed E-state index contributed by atoms with van der Waals surface area (Å²) in [7, 11) is 1.55. The number of amides is 1. The molecule has 0 bridgehead atoms. The Morgan fingerprint density at radius 1 is 1.17 bits per heavy atom. The summed E-state index contributed by atoms with van der Waals surface area (Å²) >= 11 is 11.2. The smallest absolute Gasteiger partial charge is 0.257 e. The number of carbonyl (C=O) groups excluding carboxylic acids is 1. The second kappa shape index (κ2) is 7.44. The molecule has 6 heteroatoms. The highest BCUT2D eigenvalue weighted by Crippen LogP contribution is 2.27. The van der Waals surface area contributed by atoms with E-state index in [9.17, 15) is 4.79 Å². The summed E-state index contributed by atoms with van der Waals surface area (Å²) in [5.74, 6) is 0.318. The minimum atomic E-state index is -0.263. The van der Waals surface area contributed by atoms with Crippen molar-refractivity contribution in [1.82, 2.24) is 5.32 Å². The molecule has 0 fully saturated rings. The quantitative estimate of drug-likeness (QED) is 0.820. The van der Waals surface area contributed by atoms with Gasteiger partial charge in [0, 0.05) is 10.6 Å². The van der Waals surface area contributed by atoms with Gasteiger partial charge in [-0.05, 0) is 55.9 Å². The van der Waals surface area contributed by atoms with E-state index in [1.807, 2.05) is 26.0 Å². The van der Waals surface area contributed by atoms with Crippen LogP contribution in [0.2, 0.25) is 5.02 Å². The molecule has 0 saturated carbocycles. The van der Waals surface area contributed by atoms with Crippen molar-refractivity contribution in [3.8, 4) is 5.75 Å². The lowest BCUT2D eigenvalue weighted by atomic mass is 10.1. The van der Waals surface area contributed by atoms with Gasteiger partial charge in [0.05, 0.1) is 12.8 Å². The number of ether oxygens (including phenoxy) is 1. The number of carbonyl (C=O) groups is 1. The van der Waals surface area contributed by atoms with Crippen molar-refractivity contribution < 1.29 is 9.53 Å². The molecule has 2 N–H and O–H groups in total. The molecule has 4 nitrogen and oxygen atoms in total. The lowest BCUT2D eigenvalue weighted by Crippen LogP contribution is -2.34. The van der Waals surface area contributed by atoms with Crippen molar-refractivity contribution in [1.29, 1.82) is 0 Å². The number of rotatable bonds is 3. The Hall–Kier alpha value is -2.11. The molecule has 0 aromatic heterocycles. The monoisotopic (exact) mass is 348 g/mol. The molecular formula is C17H17ClN2O2S. The molecular weight excluding hydrogens is 332 g/mol.